The van der Waals surface area contributed by atoms with Crippen molar-refractivity contribution in [3.05, 3.63) is 36.5 Å². The van der Waals surface area contributed by atoms with Gasteiger partial charge in [-0.1, -0.05) is 179 Å². The van der Waals surface area contributed by atoms with Crippen LogP contribution in [0, 0.1) is 0 Å². The lowest BCUT2D eigenvalue weighted by molar-refractivity contribution is -0.870. The molecule has 0 spiro atoms. The molecule has 9 nitrogen and oxygen atoms in total. The van der Waals surface area contributed by atoms with Gasteiger partial charge >= 0.3 is 11.9 Å². The molecule has 2 atom stereocenters. The van der Waals surface area contributed by atoms with Crippen LogP contribution in [0.15, 0.2) is 36.5 Å². The van der Waals surface area contributed by atoms with E-state index in [0.29, 0.717) is 17.4 Å². The van der Waals surface area contributed by atoms with Gasteiger partial charge in [-0.3, -0.25) is 14.2 Å². The monoisotopic (exact) mass is 868 g/mol. The van der Waals surface area contributed by atoms with Crippen LogP contribution in [0.3, 0.4) is 0 Å². The molecule has 0 rings (SSSR count). The molecule has 0 saturated carbocycles. The van der Waals surface area contributed by atoms with Crippen LogP contribution in [0.4, 0.5) is 0 Å². The fraction of sp³-hybridized carbons (Fsp3) is 0.840. The molecule has 0 amide bonds. The van der Waals surface area contributed by atoms with E-state index in [4.69, 9.17) is 18.5 Å². The highest BCUT2D eigenvalue weighted by molar-refractivity contribution is 7.45. The summed E-state index contributed by atoms with van der Waals surface area (Å²) in [5.74, 6) is -0.842. The SMILES string of the molecule is CCCC/C=C\CCCCCCCC(=O)OCC(COP(=O)([O-])OCC[N+](C)(C)C)OC(=O)CCCCCCCCCCCCCCC/C=C\C/C=C\CCCCCCC. The Balaban J connectivity index is 4.16. The Bertz CT molecular complexity index is 1120. The highest BCUT2D eigenvalue weighted by Crippen LogP contribution is 2.38. The summed E-state index contributed by atoms with van der Waals surface area (Å²) in [4.78, 5) is 37.6. The number of unbranched alkanes of at least 4 members (excludes halogenated alkanes) is 25. The highest BCUT2D eigenvalue weighted by Gasteiger charge is 2.21. The second-order valence-electron chi connectivity index (χ2n) is 17.8. The van der Waals surface area contributed by atoms with Gasteiger partial charge in [-0.05, 0) is 64.2 Å². The largest absolute Gasteiger partial charge is 0.756 e. The number of carbonyl (C=O) groups excluding carboxylic acids is 2. The van der Waals surface area contributed by atoms with Gasteiger partial charge in [0.2, 0.25) is 0 Å². The topological polar surface area (TPSA) is 111 Å². The minimum atomic E-state index is -4.63. The van der Waals surface area contributed by atoms with E-state index in [0.717, 1.165) is 70.6 Å². The van der Waals surface area contributed by atoms with E-state index in [1.807, 2.05) is 21.1 Å². The summed E-state index contributed by atoms with van der Waals surface area (Å²) in [6.07, 6.45) is 49.0. The zero-order valence-electron chi connectivity index (χ0n) is 39.7. The predicted octanol–water partition coefficient (Wildman–Crippen LogP) is 13.8. The van der Waals surface area contributed by atoms with Crippen LogP contribution in [-0.4, -0.2) is 70.0 Å². The van der Waals surface area contributed by atoms with Gasteiger partial charge in [0.25, 0.3) is 7.82 Å². The normalized spacial score (nSPS) is 13.8. The average molecular weight is 868 g/mol. The van der Waals surface area contributed by atoms with Gasteiger partial charge < -0.3 is 27.9 Å². The first-order valence-corrected chi connectivity index (χ1v) is 26.2. The fourth-order valence-corrected chi connectivity index (χ4v) is 7.45. The second kappa shape index (κ2) is 42.5. The Morgan fingerprint density at radius 3 is 1.38 bits per heavy atom. The van der Waals surface area contributed by atoms with Crippen molar-refractivity contribution < 1.29 is 42.1 Å². The fourth-order valence-electron chi connectivity index (χ4n) is 6.73. The molecular weight excluding hydrogens is 774 g/mol. The summed E-state index contributed by atoms with van der Waals surface area (Å²) in [6.45, 7) is 4.18. The van der Waals surface area contributed by atoms with Gasteiger partial charge in [0.05, 0.1) is 27.7 Å². The van der Waals surface area contributed by atoms with Crippen molar-refractivity contribution in [3.8, 4) is 0 Å². The smallest absolute Gasteiger partial charge is 0.306 e. The van der Waals surface area contributed by atoms with Gasteiger partial charge in [-0.15, -0.1) is 0 Å². The number of ether oxygens (including phenoxy) is 2. The number of esters is 2. The van der Waals surface area contributed by atoms with Crippen LogP contribution >= 0.6 is 7.82 Å². The third-order valence-electron chi connectivity index (χ3n) is 10.6. The highest BCUT2D eigenvalue weighted by atomic mass is 31.2. The van der Waals surface area contributed by atoms with E-state index in [1.165, 1.54) is 116 Å². The molecular formula is C50H94NO8P. The van der Waals surface area contributed by atoms with E-state index in [1.54, 1.807) is 0 Å². The summed E-state index contributed by atoms with van der Waals surface area (Å²) >= 11 is 0. The Kier molecular flexibility index (Phi) is 41.3. The van der Waals surface area contributed by atoms with Crippen LogP contribution in [0.2, 0.25) is 0 Å². The van der Waals surface area contributed by atoms with E-state index >= 15 is 0 Å². The van der Waals surface area contributed by atoms with Gasteiger partial charge in [0.1, 0.15) is 19.8 Å². The number of phosphoric acid groups is 1. The maximum Gasteiger partial charge on any atom is 0.306 e. The number of rotatable bonds is 45. The molecule has 60 heavy (non-hydrogen) atoms. The number of likely N-dealkylation sites (N-methyl/N-ethyl adjacent to an activating group) is 1. The van der Waals surface area contributed by atoms with E-state index in [9.17, 15) is 19.0 Å². The lowest BCUT2D eigenvalue weighted by Crippen LogP contribution is -2.37. The molecule has 352 valence electrons. The molecule has 0 heterocycles. The number of allylic oxidation sites excluding steroid dienone is 6. The Labute approximate surface area is 370 Å². The van der Waals surface area contributed by atoms with Crippen molar-refractivity contribution in [2.45, 2.75) is 225 Å². The number of quaternary nitrogens is 1. The van der Waals surface area contributed by atoms with Gasteiger partial charge in [-0.25, -0.2) is 0 Å². The minimum absolute atomic E-state index is 0.0318. The van der Waals surface area contributed by atoms with Gasteiger partial charge in [0.15, 0.2) is 6.10 Å². The van der Waals surface area contributed by atoms with Crippen molar-refractivity contribution in [2.75, 3.05) is 47.5 Å². The first-order chi connectivity index (χ1) is 29.0. The molecule has 0 N–H and O–H groups in total. The Hall–Kier alpha value is -1.77. The van der Waals surface area contributed by atoms with Crippen molar-refractivity contribution in [1.29, 1.82) is 0 Å². The van der Waals surface area contributed by atoms with Crippen LogP contribution in [0.25, 0.3) is 0 Å². The molecule has 0 aromatic carbocycles. The molecule has 0 aliphatic rings. The zero-order valence-corrected chi connectivity index (χ0v) is 40.6. The first-order valence-electron chi connectivity index (χ1n) is 24.7. The van der Waals surface area contributed by atoms with Crippen LogP contribution < -0.4 is 4.89 Å². The second-order valence-corrected chi connectivity index (χ2v) is 19.2. The number of carbonyl (C=O) groups is 2. The van der Waals surface area contributed by atoms with Crippen molar-refractivity contribution in [1.82, 2.24) is 0 Å². The molecule has 0 bridgehead atoms. The third kappa shape index (κ3) is 45.7. The summed E-state index contributed by atoms with van der Waals surface area (Å²) in [5.41, 5.74) is 0. The number of hydrogen-bond acceptors (Lipinski definition) is 8. The van der Waals surface area contributed by atoms with E-state index in [-0.39, 0.29) is 26.1 Å². The Morgan fingerprint density at radius 2 is 0.917 bits per heavy atom. The maximum absolute atomic E-state index is 12.7. The van der Waals surface area contributed by atoms with Crippen LogP contribution in [0.5, 0.6) is 0 Å². The Morgan fingerprint density at radius 1 is 0.517 bits per heavy atom. The molecule has 0 radical (unpaired) electrons. The lowest BCUT2D eigenvalue weighted by Gasteiger charge is -2.28. The number of hydrogen-bond donors (Lipinski definition) is 0. The number of nitrogens with zero attached hydrogens (tertiary/aromatic N) is 1. The maximum atomic E-state index is 12.7. The zero-order chi connectivity index (χ0) is 44.3. The summed E-state index contributed by atoms with van der Waals surface area (Å²) in [6, 6.07) is 0. The van der Waals surface area contributed by atoms with E-state index in [2.05, 4.69) is 50.3 Å². The molecule has 0 aromatic heterocycles. The van der Waals surface area contributed by atoms with Crippen molar-refractivity contribution >= 4 is 19.8 Å². The summed E-state index contributed by atoms with van der Waals surface area (Å²) in [7, 11) is 1.16. The quantitative estimate of drug-likeness (QED) is 0.0196. The minimum Gasteiger partial charge on any atom is -0.756 e. The number of phosphoric ester groups is 1. The summed E-state index contributed by atoms with van der Waals surface area (Å²) < 4.78 is 33.9. The molecule has 0 aliphatic heterocycles. The molecule has 2 unspecified atom stereocenters. The molecule has 10 heteroatoms. The van der Waals surface area contributed by atoms with Crippen molar-refractivity contribution in [3.63, 3.8) is 0 Å². The lowest BCUT2D eigenvalue weighted by atomic mass is 10.0. The average Bonchev–Trinajstić information content (AvgIpc) is 3.20. The van der Waals surface area contributed by atoms with Crippen molar-refractivity contribution in [2.24, 2.45) is 0 Å². The summed E-state index contributed by atoms with van der Waals surface area (Å²) in [5, 5.41) is 0. The van der Waals surface area contributed by atoms with Crippen LogP contribution in [-0.2, 0) is 32.7 Å². The van der Waals surface area contributed by atoms with Crippen LogP contribution in [0.1, 0.15) is 219 Å². The standard InChI is InChI=1S/C50H94NO8P/c1-6-8-10-12-14-16-18-19-20-21-22-23-24-25-26-27-28-29-30-31-33-35-37-39-41-43-50(53)59-48(47-58-60(54,55)57-45-44-51(3,4)5)46-56-49(52)42-40-38-36-34-32-17-15-13-11-9-7-2/h13,15,18-19,21-22,48H,6-12,14,16-17,20,23-47H2,1-5H3/b15-13-,19-18-,22-21-. The van der Waals surface area contributed by atoms with E-state index < -0.39 is 32.5 Å². The molecule has 0 saturated heterocycles. The predicted molar refractivity (Wildman–Crippen MR) is 250 cm³/mol. The first kappa shape index (κ1) is 58.2. The van der Waals surface area contributed by atoms with Gasteiger partial charge in [0, 0.05) is 12.8 Å². The molecule has 0 aliphatic carbocycles. The third-order valence-corrected chi connectivity index (χ3v) is 11.6. The molecule has 0 fully saturated rings. The van der Waals surface area contributed by atoms with Gasteiger partial charge in [-0.2, -0.15) is 0 Å². The molecule has 0 aromatic rings.